The predicted molar refractivity (Wildman–Crippen MR) is 99.5 cm³/mol. The standard InChI is InChI=1S/C21H15NS/c1-3-9-16(10-4-1)15-18(17-11-5-2-6-12-17)21-22-19-13-7-8-14-20(19)23-21/h1-15H/b18-15+. The largest absolute Gasteiger partial charge is 0.236 e. The van der Waals surface area contributed by atoms with E-state index in [1.807, 2.05) is 18.2 Å². The summed E-state index contributed by atoms with van der Waals surface area (Å²) in [5.74, 6) is 0. The lowest BCUT2D eigenvalue weighted by Gasteiger charge is -2.05. The second kappa shape index (κ2) is 6.19. The molecule has 0 saturated carbocycles. The van der Waals surface area contributed by atoms with Crippen molar-refractivity contribution in [2.45, 2.75) is 0 Å². The predicted octanol–water partition coefficient (Wildman–Crippen LogP) is 5.89. The lowest BCUT2D eigenvalue weighted by atomic mass is 10.0. The molecule has 0 radical (unpaired) electrons. The summed E-state index contributed by atoms with van der Waals surface area (Å²) in [7, 11) is 0. The van der Waals surface area contributed by atoms with Crippen molar-refractivity contribution < 1.29 is 0 Å². The van der Waals surface area contributed by atoms with Crippen molar-refractivity contribution >= 4 is 33.2 Å². The summed E-state index contributed by atoms with van der Waals surface area (Å²) < 4.78 is 1.22. The number of hydrogen-bond acceptors (Lipinski definition) is 2. The molecule has 0 aliphatic carbocycles. The van der Waals surface area contributed by atoms with E-state index < -0.39 is 0 Å². The van der Waals surface area contributed by atoms with E-state index in [-0.39, 0.29) is 0 Å². The average molecular weight is 313 g/mol. The molecule has 4 aromatic rings. The van der Waals surface area contributed by atoms with Crippen molar-refractivity contribution in [3.05, 3.63) is 101 Å². The van der Waals surface area contributed by atoms with E-state index >= 15 is 0 Å². The van der Waals surface area contributed by atoms with Gasteiger partial charge in [0.1, 0.15) is 5.01 Å². The van der Waals surface area contributed by atoms with Crippen LogP contribution >= 0.6 is 11.3 Å². The molecular formula is C21H15NS. The Kier molecular flexibility index (Phi) is 3.75. The van der Waals surface area contributed by atoms with Crippen molar-refractivity contribution in [1.29, 1.82) is 0 Å². The normalized spacial score (nSPS) is 11.7. The molecule has 1 nitrogen and oxygen atoms in total. The first-order chi connectivity index (χ1) is 11.4. The van der Waals surface area contributed by atoms with E-state index in [2.05, 4.69) is 72.8 Å². The van der Waals surface area contributed by atoms with E-state index in [0.717, 1.165) is 16.1 Å². The number of thiazole rings is 1. The first-order valence-corrected chi connectivity index (χ1v) is 8.40. The van der Waals surface area contributed by atoms with Gasteiger partial charge >= 0.3 is 0 Å². The van der Waals surface area contributed by atoms with Gasteiger partial charge in [-0.1, -0.05) is 72.8 Å². The molecule has 23 heavy (non-hydrogen) atoms. The fraction of sp³-hybridized carbons (Fsp3) is 0. The number of benzene rings is 3. The molecule has 4 rings (SSSR count). The van der Waals surface area contributed by atoms with E-state index in [0.29, 0.717) is 0 Å². The third kappa shape index (κ3) is 2.94. The van der Waals surface area contributed by atoms with E-state index in [1.165, 1.54) is 15.8 Å². The first-order valence-electron chi connectivity index (χ1n) is 7.58. The number of hydrogen-bond donors (Lipinski definition) is 0. The molecule has 0 spiro atoms. The van der Waals surface area contributed by atoms with Crippen LogP contribution in [0.15, 0.2) is 84.9 Å². The summed E-state index contributed by atoms with van der Waals surface area (Å²) in [6, 6.07) is 29.2. The Hall–Kier alpha value is -2.71. The highest BCUT2D eigenvalue weighted by Gasteiger charge is 2.11. The molecule has 0 saturated heterocycles. The van der Waals surface area contributed by atoms with Crippen molar-refractivity contribution in [1.82, 2.24) is 4.98 Å². The molecule has 0 bridgehead atoms. The monoisotopic (exact) mass is 313 g/mol. The van der Waals surface area contributed by atoms with E-state index in [4.69, 9.17) is 4.98 Å². The number of para-hydroxylation sites is 1. The van der Waals surface area contributed by atoms with Crippen LogP contribution in [0.2, 0.25) is 0 Å². The van der Waals surface area contributed by atoms with Crippen molar-refractivity contribution in [2.75, 3.05) is 0 Å². The minimum atomic E-state index is 1.06. The summed E-state index contributed by atoms with van der Waals surface area (Å²) in [5.41, 5.74) is 4.60. The summed E-state index contributed by atoms with van der Waals surface area (Å²) in [6.45, 7) is 0. The highest BCUT2D eigenvalue weighted by molar-refractivity contribution is 7.19. The zero-order valence-electron chi connectivity index (χ0n) is 12.5. The van der Waals surface area contributed by atoms with Gasteiger partial charge < -0.3 is 0 Å². The SMILES string of the molecule is C(=C(/c1ccccc1)c1nc2ccccc2s1)/c1ccccc1. The quantitative estimate of drug-likeness (QED) is 0.430. The maximum Gasteiger partial charge on any atom is 0.125 e. The zero-order chi connectivity index (χ0) is 15.5. The van der Waals surface area contributed by atoms with Gasteiger partial charge in [-0.15, -0.1) is 11.3 Å². The fourth-order valence-electron chi connectivity index (χ4n) is 2.59. The molecule has 1 heterocycles. The second-order valence-electron chi connectivity index (χ2n) is 5.32. The van der Waals surface area contributed by atoms with Crippen molar-refractivity contribution in [3.63, 3.8) is 0 Å². The lowest BCUT2D eigenvalue weighted by Crippen LogP contribution is -1.87. The fourth-order valence-corrected chi connectivity index (χ4v) is 3.59. The highest BCUT2D eigenvalue weighted by atomic mass is 32.1. The van der Waals surface area contributed by atoms with Crippen LogP contribution in [0, 0.1) is 0 Å². The first kappa shape index (κ1) is 13.9. The third-order valence-corrected chi connectivity index (χ3v) is 4.79. The molecule has 0 N–H and O–H groups in total. The maximum absolute atomic E-state index is 4.84. The molecule has 0 unspecified atom stereocenters. The average Bonchev–Trinajstić information content (AvgIpc) is 3.05. The van der Waals surface area contributed by atoms with Crippen LogP contribution in [-0.2, 0) is 0 Å². The smallest absolute Gasteiger partial charge is 0.125 e. The second-order valence-corrected chi connectivity index (χ2v) is 6.35. The van der Waals surface area contributed by atoms with Gasteiger partial charge in [0.2, 0.25) is 0 Å². The Morgan fingerprint density at radius 3 is 2.13 bits per heavy atom. The van der Waals surface area contributed by atoms with Crippen LogP contribution in [-0.4, -0.2) is 4.98 Å². The Balaban J connectivity index is 1.90. The number of fused-ring (bicyclic) bond motifs is 1. The molecule has 0 amide bonds. The summed E-state index contributed by atoms with van der Waals surface area (Å²) >= 11 is 1.74. The van der Waals surface area contributed by atoms with E-state index in [9.17, 15) is 0 Å². The molecule has 0 fully saturated rings. The lowest BCUT2D eigenvalue weighted by molar-refractivity contribution is 1.43. The van der Waals surface area contributed by atoms with Crippen LogP contribution in [0.25, 0.3) is 21.9 Å². The highest BCUT2D eigenvalue weighted by Crippen LogP contribution is 2.32. The van der Waals surface area contributed by atoms with Crippen molar-refractivity contribution in [2.24, 2.45) is 0 Å². The number of rotatable bonds is 3. The Labute approximate surface area is 139 Å². The Morgan fingerprint density at radius 2 is 1.39 bits per heavy atom. The van der Waals surface area contributed by atoms with Gasteiger partial charge in [-0.05, 0) is 29.3 Å². The van der Waals surface area contributed by atoms with Gasteiger partial charge in [-0.25, -0.2) is 4.98 Å². The molecule has 3 aromatic carbocycles. The Morgan fingerprint density at radius 1 is 0.739 bits per heavy atom. The van der Waals surface area contributed by atoms with Crippen molar-refractivity contribution in [3.8, 4) is 0 Å². The molecule has 0 aliphatic rings. The van der Waals surface area contributed by atoms with Gasteiger partial charge in [0.25, 0.3) is 0 Å². The molecule has 1 aromatic heterocycles. The Bertz CT molecular complexity index is 920. The zero-order valence-corrected chi connectivity index (χ0v) is 13.3. The molecular weight excluding hydrogens is 298 g/mol. The van der Waals surface area contributed by atoms with Crippen LogP contribution in [0.1, 0.15) is 16.1 Å². The molecule has 2 heteroatoms. The summed E-state index contributed by atoms with van der Waals surface area (Å²) in [4.78, 5) is 4.84. The van der Waals surface area contributed by atoms with Gasteiger partial charge in [0.15, 0.2) is 0 Å². The van der Waals surface area contributed by atoms with E-state index in [1.54, 1.807) is 11.3 Å². The van der Waals surface area contributed by atoms with Gasteiger partial charge in [0.05, 0.1) is 10.2 Å². The number of nitrogens with zero attached hydrogens (tertiary/aromatic N) is 1. The van der Waals surface area contributed by atoms with Crippen LogP contribution < -0.4 is 0 Å². The van der Waals surface area contributed by atoms with Gasteiger partial charge in [-0.3, -0.25) is 0 Å². The van der Waals surface area contributed by atoms with Gasteiger partial charge in [-0.2, -0.15) is 0 Å². The topological polar surface area (TPSA) is 12.9 Å². The van der Waals surface area contributed by atoms with Crippen LogP contribution in [0.3, 0.4) is 0 Å². The number of aromatic nitrogens is 1. The molecule has 110 valence electrons. The van der Waals surface area contributed by atoms with Crippen LogP contribution in [0.4, 0.5) is 0 Å². The third-order valence-electron chi connectivity index (χ3n) is 3.72. The molecule has 0 atom stereocenters. The van der Waals surface area contributed by atoms with Crippen LogP contribution in [0.5, 0.6) is 0 Å². The minimum absolute atomic E-state index is 1.06. The summed E-state index contributed by atoms with van der Waals surface area (Å²) in [5, 5.41) is 1.06. The minimum Gasteiger partial charge on any atom is -0.236 e. The summed E-state index contributed by atoms with van der Waals surface area (Å²) in [6.07, 6.45) is 2.22. The maximum atomic E-state index is 4.84. The van der Waals surface area contributed by atoms with Gasteiger partial charge in [0, 0.05) is 5.57 Å². The molecule has 0 aliphatic heterocycles.